The van der Waals surface area contributed by atoms with Crippen LogP contribution in [0.15, 0.2) is 24.3 Å². The Morgan fingerprint density at radius 3 is 2.53 bits per heavy atom. The maximum absolute atomic E-state index is 12.7. The summed E-state index contributed by atoms with van der Waals surface area (Å²) in [5.74, 6) is -1.70. The fourth-order valence-corrected chi connectivity index (χ4v) is 2.16. The molecule has 92 valence electrons. The van der Waals surface area contributed by atoms with E-state index in [2.05, 4.69) is 0 Å². The van der Waals surface area contributed by atoms with Crippen molar-refractivity contribution in [3.63, 3.8) is 0 Å². The second-order valence-electron chi connectivity index (χ2n) is 3.26. The molecule has 0 fully saturated rings. The van der Waals surface area contributed by atoms with Gasteiger partial charge in [-0.25, -0.2) is 4.39 Å². The lowest BCUT2D eigenvalue weighted by atomic mass is 10.1. The van der Waals surface area contributed by atoms with E-state index in [4.69, 9.17) is 5.11 Å². The van der Waals surface area contributed by atoms with Crippen LogP contribution in [0.2, 0.25) is 0 Å². The lowest BCUT2D eigenvalue weighted by Crippen LogP contribution is -2.12. The molecule has 0 radical (unpaired) electrons. The van der Waals surface area contributed by atoms with Crippen molar-refractivity contribution >= 4 is 17.7 Å². The van der Waals surface area contributed by atoms with Gasteiger partial charge in [-0.1, -0.05) is 12.1 Å². The van der Waals surface area contributed by atoms with Gasteiger partial charge in [0.25, 0.3) is 0 Å². The molecular formula is C10H10FNO4S. The summed E-state index contributed by atoms with van der Waals surface area (Å²) >= 11 is 0.953. The Morgan fingerprint density at radius 2 is 2.06 bits per heavy atom. The highest BCUT2D eigenvalue weighted by atomic mass is 32.2. The average molecular weight is 259 g/mol. The zero-order chi connectivity index (χ0) is 12.8. The van der Waals surface area contributed by atoms with Gasteiger partial charge in [0.05, 0.1) is 11.0 Å². The molecule has 0 aliphatic rings. The van der Waals surface area contributed by atoms with E-state index in [9.17, 15) is 19.3 Å². The summed E-state index contributed by atoms with van der Waals surface area (Å²) in [6, 6.07) is 5.25. The first-order valence-electron chi connectivity index (χ1n) is 4.69. The highest BCUT2D eigenvalue weighted by Crippen LogP contribution is 2.28. The Kier molecular flexibility index (Phi) is 4.89. The van der Waals surface area contributed by atoms with E-state index in [0.29, 0.717) is 5.56 Å². The highest BCUT2D eigenvalue weighted by Gasteiger charge is 2.19. The van der Waals surface area contributed by atoms with Gasteiger partial charge in [0, 0.05) is 4.92 Å². The van der Waals surface area contributed by atoms with E-state index in [1.807, 2.05) is 0 Å². The first-order valence-corrected chi connectivity index (χ1v) is 5.74. The summed E-state index contributed by atoms with van der Waals surface area (Å²) in [5.41, 5.74) is 0.550. The van der Waals surface area contributed by atoms with Crippen molar-refractivity contribution in [2.75, 3.05) is 12.3 Å². The predicted molar refractivity (Wildman–Crippen MR) is 61.1 cm³/mol. The molecule has 1 atom stereocenters. The van der Waals surface area contributed by atoms with Gasteiger partial charge < -0.3 is 5.11 Å². The van der Waals surface area contributed by atoms with E-state index in [1.165, 1.54) is 24.3 Å². The van der Waals surface area contributed by atoms with Gasteiger partial charge in [-0.15, -0.1) is 11.8 Å². The lowest BCUT2D eigenvalue weighted by molar-refractivity contribution is -0.479. The number of nitro groups is 1. The summed E-state index contributed by atoms with van der Waals surface area (Å²) in [6.45, 7) is -0.385. The van der Waals surface area contributed by atoms with Gasteiger partial charge in [0.1, 0.15) is 5.82 Å². The molecule has 0 saturated carbocycles. The van der Waals surface area contributed by atoms with Gasteiger partial charge in [-0.05, 0) is 17.7 Å². The van der Waals surface area contributed by atoms with Crippen molar-refractivity contribution < 1.29 is 19.2 Å². The normalized spacial score (nSPS) is 12.1. The molecule has 0 bridgehead atoms. The zero-order valence-electron chi connectivity index (χ0n) is 8.71. The molecule has 1 N–H and O–H groups in total. The Balaban J connectivity index is 2.77. The number of halogens is 1. The van der Waals surface area contributed by atoms with Gasteiger partial charge in [-0.3, -0.25) is 14.9 Å². The molecule has 1 unspecified atom stereocenters. The van der Waals surface area contributed by atoms with Crippen molar-refractivity contribution in [2.45, 2.75) is 5.25 Å². The molecule has 0 aliphatic heterocycles. The van der Waals surface area contributed by atoms with Crippen LogP contribution in [0.1, 0.15) is 10.8 Å². The van der Waals surface area contributed by atoms with Crippen LogP contribution in [0.5, 0.6) is 0 Å². The van der Waals surface area contributed by atoms with Crippen molar-refractivity contribution in [1.82, 2.24) is 0 Å². The number of carboxylic acid groups (broad SMARTS) is 1. The Labute approximate surface area is 101 Å². The molecule has 0 amide bonds. The molecule has 0 saturated heterocycles. The van der Waals surface area contributed by atoms with E-state index in [0.717, 1.165) is 11.8 Å². The largest absolute Gasteiger partial charge is 0.481 e. The number of rotatable bonds is 6. The third kappa shape index (κ3) is 4.81. The molecular weight excluding hydrogens is 249 g/mol. The minimum Gasteiger partial charge on any atom is -0.481 e. The molecule has 0 aromatic heterocycles. The summed E-state index contributed by atoms with van der Waals surface area (Å²) in [5, 5.41) is 18.4. The van der Waals surface area contributed by atoms with Crippen molar-refractivity contribution in [3.05, 3.63) is 45.8 Å². The number of carboxylic acids is 1. The Morgan fingerprint density at radius 1 is 1.47 bits per heavy atom. The lowest BCUT2D eigenvalue weighted by Gasteiger charge is -2.11. The molecule has 1 rings (SSSR count). The van der Waals surface area contributed by atoms with Crippen LogP contribution in [0, 0.1) is 15.9 Å². The molecule has 5 nitrogen and oxygen atoms in total. The number of thioether (sulfide) groups is 1. The summed E-state index contributed by atoms with van der Waals surface area (Å²) in [4.78, 5) is 20.4. The second-order valence-corrected chi connectivity index (χ2v) is 4.45. The minimum absolute atomic E-state index is 0.226. The second kappa shape index (κ2) is 6.19. The van der Waals surface area contributed by atoms with Crippen LogP contribution in [0.25, 0.3) is 0 Å². The van der Waals surface area contributed by atoms with E-state index in [-0.39, 0.29) is 12.3 Å². The van der Waals surface area contributed by atoms with Crippen LogP contribution in [0.3, 0.4) is 0 Å². The van der Waals surface area contributed by atoms with Crippen LogP contribution >= 0.6 is 11.8 Å². The smallest absolute Gasteiger partial charge is 0.313 e. The minimum atomic E-state index is -1.04. The number of carbonyl (C=O) groups is 1. The fourth-order valence-electron chi connectivity index (χ4n) is 1.24. The van der Waals surface area contributed by atoms with Crippen LogP contribution in [-0.2, 0) is 4.79 Å². The molecule has 7 heteroatoms. The third-order valence-corrected chi connectivity index (χ3v) is 3.20. The van der Waals surface area contributed by atoms with Crippen LogP contribution in [-0.4, -0.2) is 28.3 Å². The molecule has 0 heterocycles. The zero-order valence-corrected chi connectivity index (χ0v) is 9.52. The maximum atomic E-state index is 12.7. The first kappa shape index (κ1) is 13.4. The SMILES string of the molecule is O=C(O)CSC(C[N+](=O)[O-])c1ccc(F)cc1. The number of hydrogen-bond donors (Lipinski definition) is 1. The number of hydrogen-bond acceptors (Lipinski definition) is 4. The Bertz CT molecular complexity index is 409. The quantitative estimate of drug-likeness (QED) is 0.624. The van der Waals surface area contributed by atoms with E-state index < -0.39 is 22.0 Å². The molecule has 1 aromatic rings. The number of aliphatic carboxylic acids is 1. The number of benzene rings is 1. The average Bonchev–Trinajstić information content (AvgIpc) is 2.25. The van der Waals surface area contributed by atoms with E-state index >= 15 is 0 Å². The summed E-state index contributed by atoms with van der Waals surface area (Å²) < 4.78 is 12.7. The van der Waals surface area contributed by atoms with Gasteiger partial charge in [0.15, 0.2) is 0 Å². The topological polar surface area (TPSA) is 80.4 Å². The van der Waals surface area contributed by atoms with Crippen molar-refractivity contribution in [2.24, 2.45) is 0 Å². The maximum Gasteiger partial charge on any atom is 0.313 e. The molecule has 1 aromatic carbocycles. The summed E-state index contributed by atoms with van der Waals surface area (Å²) in [6.07, 6.45) is 0. The van der Waals surface area contributed by atoms with Gasteiger partial charge in [0.2, 0.25) is 6.54 Å². The predicted octanol–water partition coefficient (Wildman–Crippen LogP) is 1.96. The molecule has 0 aliphatic carbocycles. The van der Waals surface area contributed by atoms with Crippen LogP contribution < -0.4 is 0 Å². The molecule has 17 heavy (non-hydrogen) atoms. The third-order valence-electron chi connectivity index (χ3n) is 1.96. The summed E-state index contributed by atoms with van der Waals surface area (Å²) in [7, 11) is 0. The van der Waals surface area contributed by atoms with Crippen molar-refractivity contribution in [1.29, 1.82) is 0 Å². The Hall–Kier alpha value is -1.63. The van der Waals surface area contributed by atoms with Crippen LogP contribution in [0.4, 0.5) is 4.39 Å². The van der Waals surface area contributed by atoms with Gasteiger partial charge >= 0.3 is 5.97 Å². The van der Waals surface area contributed by atoms with Gasteiger partial charge in [-0.2, -0.15) is 0 Å². The highest BCUT2D eigenvalue weighted by molar-refractivity contribution is 8.00. The standard InChI is InChI=1S/C10H10FNO4S/c11-8-3-1-7(2-4-8)9(5-12(15)16)17-6-10(13)14/h1-4,9H,5-6H2,(H,13,14). The van der Waals surface area contributed by atoms with E-state index in [1.54, 1.807) is 0 Å². The van der Waals surface area contributed by atoms with Crippen molar-refractivity contribution in [3.8, 4) is 0 Å². The number of nitrogens with zero attached hydrogens (tertiary/aromatic N) is 1. The monoisotopic (exact) mass is 259 g/mol. The fraction of sp³-hybridized carbons (Fsp3) is 0.300. The molecule has 0 spiro atoms. The first-order chi connectivity index (χ1) is 7.99.